The van der Waals surface area contributed by atoms with E-state index in [1.165, 1.54) is 0 Å². The van der Waals surface area contributed by atoms with Gasteiger partial charge in [-0.2, -0.15) is 9.97 Å². The Bertz CT molecular complexity index is 967. The number of benzene rings is 1. The summed E-state index contributed by atoms with van der Waals surface area (Å²) in [5.74, 6) is 1.66. The van der Waals surface area contributed by atoms with E-state index in [1.807, 2.05) is 18.2 Å². The van der Waals surface area contributed by atoms with Crippen LogP contribution in [0.2, 0.25) is 0 Å². The number of fused-ring (bicyclic) bond motifs is 1. The molecule has 3 aromatic rings. The number of nitrogens with one attached hydrogen (secondary N) is 2. The molecule has 3 heterocycles. The van der Waals surface area contributed by atoms with Crippen molar-refractivity contribution >= 4 is 29.0 Å². The number of amides is 1. The van der Waals surface area contributed by atoms with Gasteiger partial charge in [0.25, 0.3) is 6.01 Å². The molecule has 28 heavy (non-hydrogen) atoms. The second kappa shape index (κ2) is 7.75. The fraction of sp³-hybridized carbons (Fsp3) is 0.444. The van der Waals surface area contributed by atoms with Crippen LogP contribution < -0.4 is 20.7 Å². The second-order valence-electron chi connectivity index (χ2n) is 6.91. The molecule has 1 amide bonds. The van der Waals surface area contributed by atoms with Crippen LogP contribution in [-0.4, -0.2) is 46.3 Å². The number of nitrogen functional groups attached to an aromatic ring is 1. The van der Waals surface area contributed by atoms with Crippen LogP contribution in [0.15, 0.2) is 22.6 Å². The number of aromatic amines is 1. The van der Waals surface area contributed by atoms with E-state index in [0.29, 0.717) is 18.3 Å². The van der Waals surface area contributed by atoms with Crippen LogP contribution in [0.3, 0.4) is 0 Å². The van der Waals surface area contributed by atoms with Gasteiger partial charge in [-0.3, -0.25) is 9.89 Å². The third kappa shape index (κ3) is 4.00. The number of nitrogens with two attached hydrogens (primary N) is 1. The lowest BCUT2D eigenvalue weighted by atomic mass is 9.94. The van der Waals surface area contributed by atoms with Gasteiger partial charge in [-0.15, -0.1) is 5.10 Å². The summed E-state index contributed by atoms with van der Waals surface area (Å²) in [5, 5.41) is 9.26. The van der Waals surface area contributed by atoms with Gasteiger partial charge in [0.05, 0.1) is 13.7 Å². The molecule has 1 aliphatic rings. The Morgan fingerprint density at radius 1 is 1.46 bits per heavy atom. The van der Waals surface area contributed by atoms with Gasteiger partial charge >= 0.3 is 0 Å². The SMILES string of the molecule is COc1ccc2oc(N3CCCC(CC(=O)NCc4nc(N)n[nH]4)C3)nc2c1. The van der Waals surface area contributed by atoms with Crippen LogP contribution in [-0.2, 0) is 11.3 Å². The monoisotopic (exact) mass is 385 g/mol. The molecule has 1 aromatic carbocycles. The number of methoxy groups -OCH3 is 1. The molecule has 0 saturated carbocycles. The maximum atomic E-state index is 12.3. The van der Waals surface area contributed by atoms with Crippen molar-refractivity contribution in [2.24, 2.45) is 5.92 Å². The lowest BCUT2D eigenvalue weighted by Crippen LogP contribution is -2.38. The summed E-state index contributed by atoms with van der Waals surface area (Å²) in [7, 11) is 1.62. The minimum absolute atomic E-state index is 0.0240. The van der Waals surface area contributed by atoms with Crippen molar-refractivity contribution in [3.8, 4) is 5.75 Å². The number of nitrogens with zero attached hydrogens (tertiary/aromatic N) is 4. The van der Waals surface area contributed by atoms with Crippen molar-refractivity contribution in [2.45, 2.75) is 25.8 Å². The fourth-order valence-electron chi connectivity index (χ4n) is 3.47. The van der Waals surface area contributed by atoms with Crippen LogP contribution in [0.25, 0.3) is 11.1 Å². The van der Waals surface area contributed by atoms with Crippen LogP contribution in [0.5, 0.6) is 5.75 Å². The minimum atomic E-state index is -0.0240. The van der Waals surface area contributed by atoms with Crippen molar-refractivity contribution in [3.05, 3.63) is 24.0 Å². The molecule has 148 valence electrons. The summed E-state index contributed by atoms with van der Waals surface area (Å²) in [4.78, 5) is 22.9. The first kappa shape index (κ1) is 18.1. The number of carbonyl (C=O) groups is 1. The molecular formula is C18H23N7O3. The van der Waals surface area contributed by atoms with Gasteiger partial charge in [0.2, 0.25) is 11.9 Å². The van der Waals surface area contributed by atoms with Crippen molar-refractivity contribution in [2.75, 3.05) is 30.8 Å². The summed E-state index contributed by atoms with van der Waals surface area (Å²) in [5.41, 5.74) is 6.94. The molecule has 2 aromatic heterocycles. The lowest BCUT2D eigenvalue weighted by molar-refractivity contribution is -0.122. The third-order valence-corrected chi connectivity index (χ3v) is 4.85. The molecule has 0 spiro atoms. The van der Waals surface area contributed by atoms with Gasteiger partial charge in [0, 0.05) is 25.6 Å². The molecular weight excluding hydrogens is 362 g/mol. The van der Waals surface area contributed by atoms with Gasteiger partial charge in [0.1, 0.15) is 17.1 Å². The molecule has 1 atom stereocenters. The third-order valence-electron chi connectivity index (χ3n) is 4.85. The van der Waals surface area contributed by atoms with Gasteiger partial charge in [0.15, 0.2) is 5.58 Å². The van der Waals surface area contributed by atoms with E-state index in [4.69, 9.17) is 14.9 Å². The molecule has 10 heteroatoms. The van der Waals surface area contributed by atoms with Gasteiger partial charge in [-0.25, -0.2) is 0 Å². The number of H-pyrrole nitrogens is 1. The number of oxazole rings is 1. The van der Waals surface area contributed by atoms with Crippen molar-refractivity contribution < 1.29 is 13.9 Å². The molecule has 0 aliphatic carbocycles. The number of aromatic nitrogens is 4. The highest BCUT2D eigenvalue weighted by Gasteiger charge is 2.25. The van der Waals surface area contributed by atoms with E-state index in [-0.39, 0.29) is 24.3 Å². The van der Waals surface area contributed by atoms with Crippen molar-refractivity contribution in [1.29, 1.82) is 0 Å². The Morgan fingerprint density at radius 3 is 3.14 bits per heavy atom. The average molecular weight is 385 g/mol. The largest absolute Gasteiger partial charge is 0.497 e. The predicted octanol–water partition coefficient (Wildman–Crippen LogP) is 1.46. The standard InChI is InChI=1S/C18H23N7O3/c1-27-12-4-5-14-13(8-12)21-18(28-14)25-6-2-3-11(10-25)7-16(26)20-9-15-22-17(19)24-23-15/h4-5,8,11H,2-3,6-7,9-10H2,1H3,(H,20,26)(H3,19,22,23,24). The number of anilines is 2. The average Bonchev–Trinajstić information content (AvgIpc) is 3.32. The number of hydrogen-bond donors (Lipinski definition) is 3. The molecule has 0 bridgehead atoms. The molecule has 1 aliphatic heterocycles. The van der Waals surface area contributed by atoms with Crippen LogP contribution in [0, 0.1) is 5.92 Å². The van der Waals surface area contributed by atoms with Crippen LogP contribution in [0.1, 0.15) is 25.1 Å². The maximum absolute atomic E-state index is 12.3. The Hall–Kier alpha value is -3.30. The number of rotatable bonds is 6. The van der Waals surface area contributed by atoms with Crippen LogP contribution in [0.4, 0.5) is 12.0 Å². The fourth-order valence-corrected chi connectivity index (χ4v) is 3.47. The lowest BCUT2D eigenvalue weighted by Gasteiger charge is -2.31. The number of hydrogen-bond acceptors (Lipinski definition) is 8. The predicted molar refractivity (Wildman–Crippen MR) is 103 cm³/mol. The molecule has 10 nitrogen and oxygen atoms in total. The molecule has 1 fully saturated rings. The zero-order valence-electron chi connectivity index (χ0n) is 15.6. The number of ether oxygens (including phenoxy) is 1. The summed E-state index contributed by atoms with van der Waals surface area (Å²) in [6, 6.07) is 6.15. The van der Waals surface area contributed by atoms with E-state index >= 15 is 0 Å². The van der Waals surface area contributed by atoms with E-state index in [2.05, 4.69) is 30.4 Å². The Balaban J connectivity index is 1.35. The Kier molecular flexibility index (Phi) is 5.00. The highest BCUT2D eigenvalue weighted by Crippen LogP contribution is 2.29. The molecule has 4 rings (SSSR count). The highest BCUT2D eigenvalue weighted by molar-refractivity contribution is 5.77. The van der Waals surface area contributed by atoms with E-state index in [9.17, 15) is 4.79 Å². The second-order valence-corrected chi connectivity index (χ2v) is 6.91. The van der Waals surface area contributed by atoms with E-state index in [1.54, 1.807) is 7.11 Å². The first-order chi connectivity index (χ1) is 13.6. The topological polar surface area (TPSA) is 135 Å². The van der Waals surface area contributed by atoms with E-state index in [0.717, 1.165) is 42.8 Å². The van der Waals surface area contributed by atoms with Gasteiger partial charge < -0.3 is 25.1 Å². The zero-order chi connectivity index (χ0) is 19.5. The minimum Gasteiger partial charge on any atom is -0.497 e. The molecule has 0 radical (unpaired) electrons. The normalized spacial score (nSPS) is 17.0. The van der Waals surface area contributed by atoms with Crippen molar-refractivity contribution in [1.82, 2.24) is 25.5 Å². The first-order valence-electron chi connectivity index (χ1n) is 9.23. The summed E-state index contributed by atoms with van der Waals surface area (Å²) in [6.45, 7) is 1.87. The molecule has 1 unspecified atom stereocenters. The maximum Gasteiger partial charge on any atom is 0.298 e. The smallest absolute Gasteiger partial charge is 0.298 e. The summed E-state index contributed by atoms with van der Waals surface area (Å²) < 4.78 is 11.1. The van der Waals surface area contributed by atoms with E-state index < -0.39 is 0 Å². The zero-order valence-corrected chi connectivity index (χ0v) is 15.6. The molecule has 1 saturated heterocycles. The number of piperidine rings is 1. The van der Waals surface area contributed by atoms with Crippen LogP contribution >= 0.6 is 0 Å². The Labute approximate surface area is 161 Å². The summed E-state index contributed by atoms with van der Waals surface area (Å²) >= 11 is 0. The van der Waals surface area contributed by atoms with Crippen molar-refractivity contribution in [3.63, 3.8) is 0 Å². The number of carbonyl (C=O) groups excluding carboxylic acids is 1. The Morgan fingerprint density at radius 2 is 2.36 bits per heavy atom. The molecule has 4 N–H and O–H groups in total. The van der Waals surface area contributed by atoms with Gasteiger partial charge in [-0.1, -0.05) is 0 Å². The summed E-state index contributed by atoms with van der Waals surface area (Å²) in [6.07, 6.45) is 2.42. The first-order valence-corrected chi connectivity index (χ1v) is 9.23. The highest BCUT2D eigenvalue weighted by atomic mass is 16.5. The van der Waals surface area contributed by atoms with Gasteiger partial charge in [-0.05, 0) is 30.9 Å². The quantitative estimate of drug-likeness (QED) is 0.580.